The predicted molar refractivity (Wildman–Crippen MR) is 75.2 cm³/mol. The van der Waals surface area contributed by atoms with Crippen molar-refractivity contribution in [1.82, 2.24) is 0 Å². The maximum Gasteiger partial charge on any atom is 0.419 e. The molecule has 0 fully saturated rings. The van der Waals surface area contributed by atoms with Crippen molar-refractivity contribution in [2.75, 3.05) is 7.11 Å². The molecule has 0 radical (unpaired) electrons. The molecular formula is C15H11BrF4O. The van der Waals surface area contributed by atoms with Crippen molar-refractivity contribution in [3.63, 3.8) is 0 Å². The molecule has 0 aliphatic heterocycles. The van der Waals surface area contributed by atoms with Crippen LogP contribution in [0.15, 0.2) is 42.5 Å². The van der Waals surface area contributed by atoms with Crippen LogP contribution in [0, 0.1) is 5.82 Å². The second-order valence-electron chi connectivity index (χ2n) is 4.37. The van der Waals surface area contributed by atoms with Crippen LogP contribution in [0.1, 0.15) is 21.5 Å². The fraction of sp³-hybridized carbons (Fsp3) is 0.200. The summed E-state index contributed by atoms with van der Waals surface area (Å²) in [6, 6.07) is 9.85. The molecule has 1 nitrogen and oxygen atoms in total. The van der Waals surface area contributed by atoms with Crippen molar-refractivity contribution in [2.24, 2.45) is 0 Å². The number of hydrogen-bond acceptors (Lipinski definition) is 1. The Morgan fingerprint density at radius 3 is 2.10 bits per heavy atom. The lowest BCUT2D eigenvalue weighted by Crippen LogP contribution is -2.09. The summed E-state index contributed by atoms with van der Waals surface area (Å²) in [6.07, 6.45) is -4.72. The first kappa shape index (κ1) is 15.8. The standard InChI is InChI=1S/C15H11BrF4O/c1-21-11-5-2-9(3-6-11)14(16)10-4-7-13(17)12(8-10)15(18,19)20/h2-8,14H,1H3. The van der Waals surface area contributed by atoms with Gasteiger partial charge in [-0.1, -0.05) is 34.1 Å². The van der Waals surface area contributed by atoms with Crippen LogP contribution in [-0.2, 0) is 6.18 Å². The van der Waals surface area contributed by atoms with Crippen LogP contribution in [-0.4, -0.2) is 7.11 Å². The lowest BCUT2D eigenvalue weighted by atomic mass is 10.0. The topological polar surface area (TPSA) is 9.23 Å². The summed E-state index contributed by atoms with van der Waals surface area (Å²) >= 11 is 3.34. The minimum atomic E-state index is -4.72. The number of alkyl halides is 4. The zero-order valence-corrected chi connectivity index (χ0v) is 12.5. The molecule has 0 saturated carbocycles. The van der Waals surface area contributed by atoms with Gasteiger partial charge in [0.05, 0.1) is 17.5 Å². The summed E-state index contributed by atoms with van der Waals surface area (Å²) < 4.78 is 56.5. The molecule has 0 aromatic heterocycles. The maximum absolute atomic E-state index is 13.3. The first-order chi connectivity index (χ1) is 9.82. The Kier molecular flexibility index (Phi) is 4.56. The quantitative estimate of drug-likeness (QED) is 0.529. The molecule has 6 heteroatoms. The fourth-order valence-corrected chi connectivity index (χ4v) is 2.47. The van der Waals surface area contributed by atoms with Gasteiger partial charge in [-0.2, -0.15) is 13.2 Å². The number of benzene rings is 2. The van der Waals surface area contributed by atoms with Crippen molar-refractivity contribution in [1.29, 1.82) is 0 Å². The van der Waals surface area contributed by atoms with Gasteiger partial charge in [-0.15, -0.1) is 0 Å². The molecule has 0 saturated heterocycles. The molecular weight excluding hydrogens is 352 g/mol. The van der Waals surface area contributed by atoms with E-state index in [0.29, 0.717) is 11.3 Å². The van der Waals surface area contributed by atoms with Gasteiger partial charge in [-0.25, -0.2) is 4.39 Å². The van der Waals surface area contributed by atoms with Gasteiger partial charge in [0, 0.05) is 0 Å². The van der Waals surface area contributed by atoms with E-state index in [0.717, 1.165) is 17.7 Å². The molecule has 112 valence electrons. The molecule has 1 atom stereocenters. The largest absolute Gasteiger partial charge is 0.497 e. The number of hydrogen-bond donors (Lipinski definition) is 0. The minimum Gasteiger partial charge on any atom is -0.497 e. The second-order valence-corrected chi connectivity index (χ2v) is 5.29. The molecule has 21 heavy (non-hydrogen) atoms. The minimum absolute atomic E-state index is 0.328. The van der Waals surface area contributed by atoms with Gasteiger partial charge in [-0.3, -0.25) is 0 Å². The van der Waals surface area contributed by atoms with Gasteiger partial charge in [-0.05, 0) is 35.4 Å². The van der Waals surface area contributed by atoms with E-state index in [-0.39, 0.29) is 0 Å². The Morgan fingerprint density at radius 1 is 1.00 bits per heavy atom. The lowest BCUT2D eigenvalue weighted by molar-refractivity contribution is -0.140. The number of halogens is 5. The van der Waals surface area contributed by atoms with Crippen molar-refractivity contribution in [2.45, 2.75) is 11.0 Å². The van der Waals surface area contributed by atoms with Gasteiger partial charge in [0.1, 0.15) is 11.6 Å². The molecule has 2 aromatic carbocycles. The summed E-state index contributed by atoms with van der Waals surface area (Å²) in [5.74, 6) is -0.630. The molecule has 0 aliphatic rings. The fourth-order valence-electron chi connectivity index (χ4n) is 1.88. The van der Waals surface area contributed by atoms with E-state index in [1.807, 2.05) is 0 Å². The Bertz CT molecular complexity index is 623. The average Bonchev–Trinajstić information content (AvgIpc) is 2.46. The van der Waals surface area contributed by atoms with E-state index >= 15 is 0 Å². The molecule has 0 amide bonds. The van der Waals surface area contributed by atoms with E-state index in [9.17, 15) is 17.6 Å². The Hall–Kier alpha value is -1.56. The maximum atomic E-state index is 13.3. The second kappa shape index (κ2) is 6.05. The predicted octanol–water partition coefficient (Wildman–Crippen LogP) is 5.34. The van der Waals surface area contributed by atoms with E-state index in [1.54, 1.807) is 24.3 Å². The molecule has 0 aliphatic carbocycles. The third-order valence-electron chi connectivity index (χ3n) is 3.00. The highest BCUT2D eigenvalue weighted by Gasteiger charge is 2.34. The van der Waals surface area contributed by atoms with Crippen LogP contribution in [0.3, 0.4) is 0 Å². The van der Waals surface area contributed by atoms with Gasteiger partial charge < -0.3 is 4.74 Å². The van der Waals surface area contributed by atoms with E-state index < -0.39 is 22.4 Å². The third kappa shape index (κ3) is 3.56. The van der Waals surface area contributed by atoms with Crippen LogP contribution < -0.4 is 4.74 Å². The van der Waals surface area contributed by atoms with Crippen LogP contribution in [0.4, 0.5) is 17.6 Å². The Balaban J connectivity index is 2.36. The molecule has 1 unspecified atom stereocenters. The SMILES string of the molecule is COc1ccc(C(Br)c2ccc(F)c(C(F)(F)F)c2)cc1. The molecule has 0 bridgehead atoms. The molecule has 0 spiro atoms. The van der Waals surface area contributed by atoms with Crippen LogP contribution in [0.25, 0.3) is 0 Å². The summed E-state index contributed by atoms with van der Waals surface area (Å²) in [6.45, 7) is 0. The van der Waals surface area contributed by atoms with Gasteiger partial charge in [0.15, 0.2) is 0 Å². The Labute approximate surface area is 127 Å². The van der Waals surface area contributed by atoms with E-state index in [2.05, 4.69) is 15.9 Å². The Morgan fingerprint density at radius 2 is 1.57 bits per heavy atom. The monoisotopic (exact) mass is 362 g/mol. The highest BCUT2D eigenvalue weighted by molar-refractivity contribution is 9.09. The van der Waals surface area contributed by atoms with E-state index in [4.69, 9.17) is 4.74 Å². The first-order valence-electron chi connectivity index (χ1n) is 5.97. The summed E-state index contributed by atoms with van der Waals surface area (Å²) in [4.78, 5) is -0.467. The average molecular weight is 363 g/mol. The number of methoxy groups -OCH3 is 1. The molecule has 2 aromatic rings. The number of ether oxygens (including phenoxy) is 1. The van der Waals surface area contributed by atoms with E-state index in [1.165, 1.54) is 13.2 Å². The van der Waals surface area contributed by atoms with Crippen molar-refractivity contribution in [3.05, 3.63) is 65.0 Å². The molecule has 2 rings (SSSR count). The van der Waals surface area contributed by atoms with Gasteiger partial charge >= 0.3 is 6.18 Å². The zero-order valence-electron chi connectivity index (χ0n) is 10.9. The third-order valence-corrected chi connectivity index (χ3v) is 4.05. The van der Waals surface area contributed by atoms with Crippen LogP contribution in [0.2, 0.25) is 0 Å². The summed E-state index contributed by atoms with van der Waals surface area (Å²) in [7, 11) is 1.52. The van der Waals surface area contributed by atoms with Crippen molar-refractivity contribution >= 4 is 15.9 Å². The first-order valence-corrected chi connectivity index (χ1v) is 6.89. The van der Waals surface area contributed by atoms with Crippen LogP contribution >= 0.6 is 15.9 Å². The normalized spacial score (nSPS) is 13.0. The summed E-state index contributed by atoms with van der Waals surface area (Å²) in [5, 5.41) is 0. The highest BCUT2D eigenvalue weighted by Crippen LogP contribution is 2.37. The van der Waals surface area contributed by atoms with Crippen molar-refractivity contribution in [3.8, 4) is 5.75 Å². The van der Waals surface area contributed by atoms with Gasteiger partial charge in [0.25, 0.3) is 0 Å². The smallest absolute Gasteiger partial charge is 0.419 e. The zero-order chi connectivity index (χ0) is 15.6. The highest BCUT2D eigenvalue weighted by atomic mass is 79.9. The lowest BCUT2D eigenvalue weighted by Gasteiger charge is -2.14. The number of rotatable bonds is 3. The molecule has 0 N–H and O–H groups in total. The summed E-state index contributed by atoms with van der Waals surface area (Å²) in [5.41, 5.74) is -0.192. The molecule has 0 heterocycles. The van der Waals surface area contributed by atoms with Gasteiger partial charge in [0.2, 0.25) is 0 Å². The van der Waals surface area contributed by atoms with Crippen molar-refractivity contribution < 1.29 is 22.3 Å². The van der Waals surface area contributed by atoms with Crippen LogP contribution in [0.5, 0.6) is 5.75 Å².